The fourth-order valence-electron chi connectivity index (χ4n) is 0.163. The number of nitrogens with zero attached hydrogens (tertiary/aromatic N) is 2. The maximum absolute atomic E-state index is 9.66. The van der Waals surface area contributed by atoms with Crippen LogP contribution in [0.4, 0.5) is 0 Å². The van der Waals surface area contributed by atoms with Crippen molar-refractivity contribution in [1.29, 1.82) is 0 Å². The van der Waals surface area contributed by atoms with Gasteiger partial charge in [0.2, 0.25) is 0 Å². The van der Waals surface area contributed by atoms with Crippen LogP contribution in [-0.2, 0) is 9.59 Å². The first kappa shape index (κ1) is 8.28. The van der Waals surface area contributed by atoms with E-state index < -0.39 is 11.9 Å². The highest BCUT2D eigenvalue weighted by Crippen LogP contribution is 1.65. The van der Waals surface area contributed by atoms with E-state index in [4.69, 9.17) is 5.11 Å². The van der Waals surface area contributed by atoms with E-state index in [0.29, 0.717) is 12.4 Å². The molecule has 0 amide bonds. The van der Waals surface area contributed by atoms with Crippen LogP contribution in [0.5, 0.6) is 0 Å². The second kappa shape index (κ2) is 4.19. The molecule has 0 saturated heterocycles. The Morgan fingerprint density at radius 2 is 1.80 bits per heavy atom. The van der Waals surface area contributed by atoms with Crippen molar-refractivity contribution >= 4 is 24.4 Å². The molecule has 0 saturated carbocycles. The zero-order valence-electron chi connectivity index (χ0n) is 4.72. The van der Waals surface area contributed by atoms with Crippen molar-refractivity contribution in [2.75, 3.05) is 0 Å². The summed E-state index contributed by atoms with van der Waals surface area (Å²) >= 11 is 0. The minimum absolute atomic E-state index is 0.374. The van der Waals surface area contributed by atoms with Gasteiger partial charge < -0.3 is 15.0 Å². The Balaban J connectivity index is 3.73. The fourth-order valence-corrected chi connectivity index (χ4v) is 0.163. The lowest BCUT2D eigenvalue weighted by atomic mass is 10.8. The van der Waals surface area contributed by atoms with Crippen molar-refractivity contribution in [3.8, 4) is 0 Å². The molecule has 1 N–H and O–H groups in total. The molecule has 54 valence electrons. The lowest BCUT2D eigenvalue weighted by molar-refractivity contribution is -0.293. The normalized spacial score (nSPS) is 10.8. The molecule has 0 radical (unpaired) electrons. The molecule has 6 nitrogen and oxygen atoms in total. The van der Waals surface area contributed by atoms with Crippen molar-refractivity contribution < 1.29 is 19.8 Å². The van der Waals surface area contributed by atoms with Gasteiger partial charge in [0.15, 0.2) is 0 Å². The highest BCUT2D eigenvalue weighted by Gasteiger charge is 1.82. The largest absolute Gasteiger partial charge is 0.544 e. The first-order valence-corrected chi connectivity index (χ1v) is 2.13. The predicted molar refractivity (Wildman–Crippen MR) is 29.6 cm³/mol. The molecule has 0 heterocycles. The number of hydrogen-bond donors (Lipinski definition) is 1. The summed E-state index contributed by atoms with van der Waals surface area (Å²) in [6.07, 6.45) is 0.832. The summed E-state index contributed by atoms with van der Waals surface area (Å²) < 4.78 is 0. The van der Waals surface area contributed by atoms with E-state index in [9.17, 15) is 14.7 Å². The summed E-state index contributed by atoms with van der Waals surface area (Å²) in [4.78, 5) is 19.2. The van der Waals surface area contributed by atoms with Crippen LogP contribution in [0, 0.1) is 0 Å². The zero-order valence-corrected chi connectivity index (χ0v) is 4.72. The van der Waals surface area contributed by atoms with Gasteiger partial charge >= 0.3 is 5.97 Å². The third kappa shape index (κ3) is 6.28. The highest BCUT2D eigenvalue weighted by molar-refractivity contribution is 6.23. The smallest absolute Gasteiger partial charge is 0.348 e. The lowest BCUT2D eigenvalue weighted by Crippen LogP contribution is -2.22. The van der Waals surface area contributed by atoms with E-state index in [0.717, 1.165) is 0 Å². The Labute approximate surface area is 55.5 Å². The van der Waals surface area contributed by atoms with Crippen molar-refractivity contribution in [2.24, 2.45) is 10.2 Å². The number of aliphatic carboxylic acids is 2. The summed E-state index contributed by atoms with van der Waals surface area (Å²) in [5, 5.41) is 23.1. The van der Waals surface area contributed by atoms with Crippen molar-refractivity contribution in [3.05, 3.63) is 0 Å². The van der Waals surface area contributed by atoms with Crippen LogP contribution in [0.2, 0.25) is 0 Å². The van der Waals surface area contributed by atoms with Crippen LogP contribution in [-0.4, -0.2) is 29.5 Å². The average Bonchev–Trinajstić information content (AvgIpc) is 1.79. The van der Waals surface area contributed by atoms with Crippen LogP contribution >= 0.6 is 0 Å². The van der Waals surface area contributed by atoms with Gasteiger partial charge in [0.25, 0.3) is 0 Å². The molecule has 0 spiro atoms. The zero-order chi connectivity index (χ0) is 7.98. The Morgan fingerprint density at radius 1 is 1.30 bits per heavy atom. The first-order chi connectivity index (χ1) is 4.63. The maximum atomic E-state index is 9.66. The number of carboxylic acid groups (broad SMARTS) is 2. The molecule has 0 aliphatic carbocycles. The van der Waals surface area contributed by atoms with Crippen LogP contribution < -0.4 is 5.11 Å². The van der Waals surface area contributed by atoms with Crippen molar-refractivity contribution in [3.63, 3.8) is 0 Å². The van der Waals surface area contributed by atoms with Gasteiger partial charge in [-0.15, -0.1) is 0 Å². The molecule has 0 fully saturated rings. The summed E-state index contributed by atoms with van der Waals surface area (Å²) in [5.41, 5.74) is 0. The van der Waals surface area contributed by atoms with Gasteiger partial charge in [-0.1, -0.05) is 0 Å². The number of hydrogen-bond acceptors (Lipinski definition) is 5. The van der Waals surface area contributed by atoms with Crippen molar-refractivity contribution in [1.82, 2.24) is 0 Å². The minimum atomic E-state index is -1.53. The fraction of sp³-hybridized carbons (Fsp3) is 0. The van der Waals surface area contributed by atoms with E-state index in [-0.39, 0.29) is 0 Å². The highest BCUT2D eigenvalue weighted by atomic mass is 16.4. The summed E-state index contributed by atoms with van der Waals surface area (Å²) in [6.45, 7) is 0. The van der Waals surface area contributed by atoms with Gasteiger partial charge in [0.1, 0.15) is 6.21 Å². The summed E-state index contributed by atoms with van der Waals surface area (Å²) in [6, 6.07) is 0. The number of carboxylic acids is 2. The molecule has 0 aromatic heterocycles. The third-order valence-electron chi connectivity index (χ3n) is 0.398. The number of carbonyl (C=O) groups is 2. The Morgan fingerprint density at radius 3 is 2.20 bits per heavy atom. The predicted octanol–water partition coefficient (Wildman–Crippen LogP) is -2.12. The average molecular weight is 143 g/mol. The van der Waals surface area contributed by atoms with Gasteiger partial charge in [-0.05, 0) is 0 Å². The molecule has 10 heavy (non-hydrogen) atoms. The Bertz CT molecular complexity index is 173. The van der Waals surface area contributed by atoms with E-state index in [1.807, 2.05) is 0 Å². The monoisotopic (exact) mass is 143 g/mol. The minimum Gasteiger partial charge on any atom is -0.544 e. The van der Waals surface area contributed by atoms with Gasteiger partial charge in [-0.25, -0.2) is 4.79 Å². The number of rotatable bonds is 3. The molecule has 0 aromatic rings. The molecular weight excluding hydrogens is 140 g/mol. The molecular formula is C4H3N2O4-. The SMILES string of the molecule is O=C([O-])/C=N/N=C/C(=O)O. The van der Waals surface area contributed by atoms with E-state index >= 15 is 0 Å². The molecule has 0 unspecified atom stereocenters. The Hall–Kier alpha value is -1.72. The van der Waals surface area contributed by atoms with Crippen LogP contribution in [0.25, 0.3) is 0 Å². The summed E-state index contributed by atoms with van der Waals surface area (Å²) in [5.74, 6) is -2.82. The maximum Gasteiger partial charge on any atom is 0.348 e. The second-order valence-electron chi connectivity index (χ2n) is 1.15. The van der Waals surface area contributed by atoms with Crippen LogP contribution in [0.15, 0.2) is 10.2 Å². The molecule has 0 rings (SSSR count). The first-order valence-electron chi connectivity index (χ1n) is 2.13. The van der Waals surface area contributed by atoms with Gasteiger partial charge in [-0.2, -0.15) is 10.2 Å². The standard InChI is InChI=1S/C4H4N2O4/c7-3(8)1-5-6-2-4(9)10/h1-2H,(H,7,8)(H,9,10)/p-1/b5-1+,6-2+. The molecule has 0 atom stereocenters. The molecule has 0 bridgehead atoms. The molecule has 0 aromatic carbocycles. The van der Waals surface area contributed by atoms with E-state index in [2.05, 4.69) is 10.2 Å². The third-order valence-corrected chi connectivity index (χ3v) is 0.398. The van der Waals surface area contributed by atoms with Gasteiger partial charge in [0, 0.05) is 0 Å². The number of carbonyl (C=O) groups excluding carboxylic acids is 1. The lowest BCUT2D eigenvalue weighted by Gasteiger charge is -1.83. The molecule has 0 aliphatic rings. The molecule has 0 aliphatic heterocycles. The topological polar surface area (TPSA) is 102 Å². The van der Waals surface area contributed by atoms with E-state index in [1.165, 1.54) is 0 Å². The molecule has 6 heteroatoms. The Kier molecular flexibility index (Phi) is 3.47. The second-order valence-corrected chi connectivity index (χ2v) is 1.15. The van der Waals surface area contributed by atoms with Gasteiger partial charge in [-0.3, -0.25) is 0 Å². The van der Waals surface area contributed by atoms with E-state index in [1.54, 1.807) is 0 Å². The quantitative estimate of drug-likeness (QED) is 0.360. The summed E-state index contributed by atoms with van der Waals surface area (Å²) in [7, 11) is 0. The van der Waals surface area contributed by atoms with Crippen LogP contribution in [0.3, 0.4) is 0 Å². The van der Waals surface area contributed by atoms with Crippen molar-refractivity contribution in [2.45, 2.75) is 0 Å². The van der Waals surface area contributed by atoms with Crippen LogP contribution in [0.1, 0.15) is 0 Å². The van der Waals surface area contributed by atoms with Gasteiger partial charge in [0.05, 0.1) is 12.2 Å².